The summed E-state index contributed by atoms with van der Waals surface area (Å²) in [5.74, 6) is 0. The summed E-state index contributed by atoms with van der Waals surface area (Å²) in [6.07, 6.45) is 0.672. The highest BCUT2D eigenvalue weighted by atomic mass is 79.9. The first-order valence-corrected chi connectivity index (χ1v) is 9.30. The van der Waals surface area contributed by atoms with Crippen molar-refractivity contribution in [1.82, 2.24) is 4.72 Å². The lowest BCUT2D eigenvalue weighted by molar-refractivity contribution is 0.562. The molecule has 0 aliphatic heterocycles. The summed E-state index contributed by atoms with van der Waals surface area (Å²) in [5, 5.41) is 0. The summed E-state index contributed by atoms with van der Waals surface area (Å²) >= 11 is 4.59. The van der Waals surface area contributed by atoms with Crippen molar-refractivity contribution in [3.05, 3.63) is 51.3 Å². The molecule has 20 heavy (non-hydrogen) atoms. The van der Waals surface area contributed by atoms with Crippen molar-refractivity contribution in [1.29, 1.82) is 0 Å². The number of hydrogen-bond donors (Lipinski definition) is 1. The molecule has 0 amide bonds. The molecule has 0 radical (unpaired) electrons. The van der Waals surface area contributed by atoms with Gasteiger partial charge in [0.05, 0.1) is 3.79 Å². The zero-order valence-corrected chi connectivity index (χ0v) is 14.5. The predicted octanol–water partition coefficient (Wildman–Crippen LogP) is 3.73. The largest absolute Gasteiger partial charge is 0.250 e. The lowest BCUT2D eigenvalue weighted by atomic mass is 10.1. The minimum atomic E-state index is -3.44. The monoisotopic (exact) mass is 373 g/mol. The van der Waals surface area contributed by atoms with Crippen molar-refractivity contribution in [3.8, 4) is 0 Å². The zero-order chi connectivity index (χ0) is 14.8. The molecule has 1 aromatic heterocycles. The molecule has 2 rings (SSSR count). The smallest absolute Gasteiger partial charge is 0.207 e. The Morgan fingerprint density at radius 2 is 1.95 bits per heavy atom. The van der Waals surface area contributed by atoms with Crippen LogP contribution in [0.5, 0.6) is 0 Å². The second kappa shape index (κ2) is 6.39. The van der Waals surface area contributed by atoms with E-state index >= 15 is 0 Å². The van der Waals surface area contributed by atoms with E-state index in [-0.39, 0.29) is 6.04 Å². The molecule has 0 bridgehead atoms. The number of sulfonamides is 1. The molecule has 1 aromatic carbocycles. The first-order chi connectivity index (χ1) is 9.38. The fourth-order valence-electron chi connectivity index (χ4n) is 1.90. The summed E-state index contributed by atoms with van der Waals surface area (Å²) in [5.41, 5.74) is 2.05. The quantitative estimate of drug-likeness (QED) is 0.867. The Kier molecular flexibility index (Phi) is 5.01. The molecule has 0 saturated carbocycles. The van der Waals surface area contributed by atoms with Gasteiger partial charge >= 0.3 is 0 Å². The van der Waals surface area contributed by atoms with Gasteiger partial charge in [-0.3, -0.25) is 0 Å². The van der Waals surface area contributed by atoms with E-state index in [0.29, 0.717) is 10.6 Å². The van der Waals surface area contributed by atoms with Gasteiger partial charge in [0.25, 0.3) is 0 Å². The molecule has 3 nitrogen and oxygen atoms in total. The van der Waals surface area contributed by atoms with E-state index in [9.17, 15) is 8.42 Å². The summed E-state index contributed by atoms with van der Waals surface area (Å²) < 4.78 is 28.5. The standard InChI is InChI=1S/C14H16BrNO2S2/c1-10-8-13(19-14(10)15)20(17,18)16-11(2)9-12-6-4-3-5-7-12/h3-8,11,16H,9H2,1-2H3. The molecule has 0 fully saturated rings. The number of hydrogen-bond acceptors (Lipinski definition) is 3. The first-order valence-electron chi connectivity index (χ1n) is 6.20. The van der Waals surface area contributed by atoms with Crippen LogP contribution in [0.2, 0.25) is 0 Å². The molecular weight excluding hydrogens is 358 g/mol. The minimum absolute atomic E-state index is 0.149. The van der Waals surface area contributed by atoms with Crippen molar-refractivity contribution < 1.29 is 8.42 Å². The van der Waals surface area contributed by atoms with Crippen molar-refractivity contribution in [2.24, 2.45) is 0 Å². The van der Waals surface area contributed by atoms with Crippen molar-refractivity contribution in [3.63, 3.8) is 0 Å². The Balaban J connectivity index is 2.08. The van der Waals surface area contributed by atoms with Crippen LogP contribution >= 0.6 is 27.3 Å². The Morgan fingerprint density at radius 3 is 2.50 bits per heavy atom. The Morgan fingerprint density at radius 1 is 1.30 bits per heavy atom. The Labute approximate surface area is 132 Å². The van der Waals surface area contributed by atoms with Crippen molar-refractivity contribution >= 4 is 37.3 Å². The van der Waals surface area contributed by atoms with Gasteiger partial charge in [-0.1, -0.05) is 30.3 Å². The normalized spacial score (nSPS) is 13.3. The molecule has 0 saturated heterocycles. The van der Waals surface area contributed by atoms with Crippen LogP contribution in [-0.2, 0) is 16.4 Å². The fraction of sp³-hybridized carbons (Fsp3) is 0.286. The SMILES string of the molecule is Cc1cc(S(=O)(=O)NC(C)Cc2ccccc2)sc1Br. The van der Waals surface area contributed by atoms with Crippen LogP contribution in [0, 0.1) is 6.92 Å². The lowest BCUT2D eigenvalue weighted by Crippen LogP contribution is -2.33. The minimum Gasteiger partial charge on any atom is -0.207 e. The number of thiophene rings is 1. The second-order valence-corrected chi connectivity index (χ2v) is 9.05. The molecule has 6 heteroatoms. The van der Waals surface area contributed by atoms with Gasteiger partial charge in [-0.25, -0.2) is 13.1 Å². The Bertz CT molecular complexity index is 661. The van der Waals surface area contributed by atoms with Gasteiger partial charge in [-0.2, -0.15) is 0 Å². The van der Waals surface area contributed by atoms with Crippen molar-refractivity contribution in [2.75, 3.05) is 0 Å². The maximum Gasteiger partial charge on any atom is 0.250 e. The molecule has 2 aromatic rings. The van der Waals surface area contributed by atoms with E-state index in [0.717, 1.165) is 14.9 Å². The third-order valence-corrected chi connectivity index (χ3v) is 7.04. The number of rotatable bonds is 5. The third-order valence-electron chi connectivity index (χ3n) is 2.84. The average molecular weight is 374 g/mol. The van der Waals surface area contributed by atoms with Gasteiger partial charge in [0, 0.05) is 6.04 Å². The van der Waals surface area contributed by atoms with E-state index in [1.165, 1.54) is 11.3 Å². The molecule has 108 valence electrons. The van der Waals surface area contributed by atoms with Gasteiger partial charge in [0.2, 0.25) is 10.0 Å². The molecule has 1 heterocycles. The van der Waals surface area contributed by atoms with Crippen LogP contribution in [0.1, 0.15) is 18.1 Å². The van der Waals surface area contributed by atoms with E-state index in [2.05, 4.69) is 20.7 Å². The first kappa shape index (κ1) is 15.7. The van der Waals surface area contributed by atoms with Gasteiger partial charge in [0.1, 0.15) is 4.21 Å². The summed E-state index contributed by atoms with van der Waals surface area (Å²) in [6, 6.07) is 11.4. The van der Waals surface area contributed by atoms with Crippen LogP contribution in [0.15, 0.2) is 44.4 Å². The average Bonchev–Trinajstić information content (AvgIpc) is 2.71. The third kappa shape index (κ3) is 3.91. The molecule has 0 aliphatic carbocycles. The summed E-state index contributed by atoms with van der Waals surface area (Å²) in [4.78, 5) is 0. The van der Waals surface area contributed by atoms with Crippen LogP contribution in [-0.4, -0.2) is 14.5 Å². The highest BCUT2D eigenvalue weighted by Gasteiger charge is 2.20. The highest BCUT2D eigenvalue weighted by molar-refractivity contribution is 9.11. The van der Waals surface area contributed by atoms with Crippen LogP contribution < -0.4 is 4.72 Å². The number of nitrogens with one attached hydrogen (secondary N) is 1. The molecule has 1 N–H and O–H groups in total. The van der Waals surface area contributed by atoms with Gasteiger partial charge in [-0.15, -0.1) is 11.3 Å². The van der Waals surface area contributed by atoms with Crippen LogP contribution in [0.25, 0.3) is 0 Å². The number of benzene rings is 1. The molecular formula is C14H16BrNO2S2. The molecule has 0 spiro atoms. The maximum atomic E-state index is 12.3. The van der Waals surface area contributed by atoms with E-state index < -0.39 is 10.0 Å². The zero-order valence-electron chi connectivity index (χ0n) is 11.3. The van der Waals surface area contributed by atoms with E-state index in [1.807, 2.05) is 44.2 Å². The van der Waals surface area contributed by atoms with Crippen molar-refractivity contribution in [2.45, 2.75) is 30.5 Å². The lowest BCUT2D eigenvalue weighted by Gasteiger charge is -2.13. The molecule has 1 unspecified atom stereocenters. The highest BCUT2D eigenvalue weighted by Crippen LogP contribution is 2.30. The van der Waals surface area contributed by atoms with E-state index in [4.69, 9.17) is 0 Å². The Hall–Kier alpha value is -0.690. The number of aryl methyl sites for hydroxylation is 1. The maximum absolute atomic E-state index is 12.3. The fourth-order valence-corrected chi connectivity index (χ4v) is 5.38. The van der Waals surface area contributed by atoms with Gasteiger partial charge in [0.15, 0.2) is 0 Å². The molecule has 0 aliphatic rings. The van der Waals surface area contributed by atoms with E-state index in [1.54, 1.807) is 6.07 Å². The van der Waals surface area contributed by atoms with Gasteiger partial charge in [-0.05, 0) is 53.4 Å². The topological polar surface area (TPSA) is 46.2 Å². The van der Waals surface area contributed by atoms with Crippen LogP contribution in [0.3, 0.4) is 0 Å². The predicted molar refractivity (Wildman–Crippen MR) is 86.7 cm³/mol. The summed E-state index contributed by atoms with van der Waals surface area (Å²) in [7, 11) is -3.44. The summed E-state index contributed by atoms with van der Waals surface area (Å²) in [6.45, 7) is 3.76. The molecule has 1 atom stereocenters. The van der Waals surface area contributed by atoms with Gasteiger partial charge < -0.3 is 0 Å². The van der Waals surface area contributed by atoms with Crippen LogP contribution in [0.4, 0.5) is 0 Å². The second-order valence-electron chi connectivity index (χ2n) is 4.73. The number of halogens is 1.